The van der Waals surface area contributed by atoms with Gasteiger partial charge in [-0.15, -0.1) is 0 Å². The Bertz CT molecular complexity index is 380. The van der Waals surface area contributed by atoms with E-state index in [1.165, 1.54) is 11.2 Å². The van der Waals surface area contributed by atoms with Crippen LogP contribution in [0.25, 0.3) is 0 Å². The van der Waals surface area contributed by atoms with Crippen LogP contribution in [0, 0.1) is 11.3 Å². The van der Waals surface area contributed by atoms with Crippen molar-refractivity contribution >= 4 is 5.91 Å². The number of rotatable bonds is 1. The minimum absolute atomic E-state index is 0.178. The summed E-state index contributed by atoms with van der Waals surface area (Å²) in [6.07, 6.45) is 1.27. The van der Waals surface area contributed by atoms with Crippen molar-refractivity contribution in [2.45, 2.75) is 6.04 Å². The fourth-order valence-corrected chi connectivity index (χ4v) is 1.51. The zero-order valence-corrected chi connectivity index (χ0v) is 7.97. The highest BCUT2D eigenvalue weighted by atomic mass is 16.2. The molecule has 7 nitrogen and oxygen atoms in total. The standard InChI is InChI=1S/C8H10N6O/c9-3-6-4-10-1-2-14(6)8(15)7-11-5-12-13-7/h5-6,10H,1-2,4H2,(H,11,12,13). The van der Waals surface area contributed by atoms with Gasteiger partial charge in [0, 0.05) is 19.6 Å². The third-order valence-corrected chi connectivity index (χ3v) is 2.27. The lowest BCUT2D eigenvalue weighted by Crippen LogP contribution is -2.53. The van der Waals surface area contributed by atoms with Crippen molar-refractivity contribution in [2.75, 3.05) is 19.6 Å². The van der Waals surface area contributed by atoms with E-state index in [1.54, 1.807) is 0 Å². The molecule has 2 heterocycles. The van der Waals surface area contributed by atoms with Gasteiger partial charge in [-0.2, -0.15) is 10.4 Å². The van der Waals surface area contributed by atoms with Crippen molar-refractivity contribution in [3.8, 4) is 6.07 Å². The van der Waals surface area contributed by atoms with Crippen LogP contribution in [0.5, 0.6) is 0 Å². The van der Waals surface area contributed by atoms with Gasteiger partial charge in [-0.05, 0) is 0 Å². The number of nitrogens with one attached hydrogen (secondary N) is 2. The summed E-state index contributed by atoms with van der Waals surface area (Å²) in [6, 6.07) is 1.64. The number of piperazine rings is 1. The summed E-state index contributed by atoms with van der Waals surface area (Å²) in [5.41, 5.74) is 0. The molecular formula is C8H10N6O. The fourth-order valence-electron chi connectivity index (χ4n) is 1.51. The lowest BCUT2D eigenvalue weighted by atomic mass is 10.2. The average molecular weight is 206 g/mol. The van der Waals surface area contributed by atoms with E-state index in [1.807, 2.05) is 0 Å². The molecule has 78 valence electrons. The molecule has 0 aliphatic carbocycles. The number of nitriles is 1. The van der Waals surface area contributed by atoms with Gasteiger partial charge in [0.1, 0.15) is 12.4 Å². The van der Waals surface area contributed by atoms with E-state index in [0.29, 0.717) is 19.6 Å². The van der Waals surface area contributed by atoms with E-state index in [2.05, 4.69) is 26.6 Å². The van der Waals surface area contributed by atoms with Gasteiger partial charge in [-0.1, -0.05) is 0 Å². The molecule has 15 heavy (non-hydrogen) atoms. The predicted molar refractivity (Wildman–Crippen MR) is 49.7 cm³/mol. The van der Waals surface area contributed by atoms with Crippen LogP contribution in [-0.4, -0.2) is 51.7 Å². The first-order chi connectivity index (χ1) is 7.33. The molecule has 1 aliphatic rings. The number of carbonyl (C=O) groups is 1. The van der Waals surface area contributed by atoms with E-state index < -0.39 is 6.04 Å². The molecule has 7 heteroatoms. The normalized spacial score (nSPS) is 21.0. The minimum atomic E-state index is -0.434. The molecule has 0 aromatic carbocycles. The van der Waals surface area contributed by atoms with Crippen LogP contribution < -0.4 is 5.32 Å². The molecule has 0 saturated carbocycles. The highest BCUT2D eigenvalue weighted by Gasteiger charge is 2.28. The second kappa shape index (κ2) is 4.06. The van der Waals surface area contributed by atoms with Crippen molar-refractivity contribution in [3.05, 3.63) is 12.2 Å². The number of H-pyrrole nitrogens is 1. The number of carbonyl (C=O) groups excluding carboxylic acids is 1. The van der Waals surface area contributed by atoms with E-state index in [9.17, 15) is 4.79 Å². The van der Waals surface area contributed by atoms with E-state index in [0.717, 1.165) is 0 Å². The van der Waals surface area contributed by atoms with Crippen molar-refractivity contribution in [3.63, 3.8) is 0 Å². The molecule has 2 rings (SSSR count). The van der Waals surface area contributed by atoms with Gasteiger partial charge in [-0.25, -0.2) is 4.98 Å². The smallest absolute Gasteiger partial charge is 0.292 e. The number of aromatic amines is 1. The Morgan fingerprint density at radius 3 is 3.27 bits per heavy atom. The highest BCUT2D eigenvalue weighted by Crippen LogP contribution is 2.06. The first-order valence-electron chi connectivity index (χ1n) is 4.59. The Labute approximate surface area is 86.1 Å². The Morgan fingerprint density at radius 1 is 1.73 bits per heavy atom. The molecule has 1 fully saturated rings. The number of aromatic nitrogens is 3. The summed E-state index contributed by atoms with van der Waals surface area (Å²) in [5, 5.41) is 18.0. The topological polar surface area (TPSA) is 97.7 Å². The molecule has 0 bridgehead atoms. The highest BCUT2D eigenvalue weighted by molar-refractivity contribution is 5.90. The number of hydrogen-bond acceptors (Lipinski definition) is 5. The lowest BCUT2D eigenvalue weighted by molar-refractivity contribution is 0.0675. The van der Waals surface area contributed by atoms with Gasteiger partial charge in [0.05, 0.1) is 6.07 Å². The van der Waals surface area contributed by atoms with Crippen molar-refractivity contribution in [2.24, 2.45) is 0 Å². The summed E-state index contributed by atoms with van der Waals surface area (Å²) in [6.45, 7) is 1.70. The lowest BCUT2D eigenvalue weighted by Gasteiger charge is -2.31. The van der Waals surface area contributed by atoms with Crippen LogP contribution in [0.15, 0.2) is 6.33 Å². The van der Waals surface area contributed by atoms with Crippen LogP contribution in [0.2, 0.25) is 0 Å². The fraction of sp³-hybridized carbons (Fsp3) is 0.500. The van der Waals surface area contributed by atoms with Gasteiger partial charge in [0.25, 0.3) is 5.91 Å². The molecule has 0 spiro atoms. The summed E-state index contributed by atoms with van der Waals surface area (Å²) in [4.78, 5) is 17.1. The van der Waals surface area contributed by atoms with Crippen LogP contribution >= 0.6 is 0 Å². The first kappa shape index (κ1) is 9.61. The predicted octanol–water partition coefficient (Wildman–Crippen LogP) is -1.26. The minimum Gasteiger partial charge on any atom is -0.317 e. The van der Waals surface area contributed by atoms with Gasteiger partial charge in [-0.3, -0.25) is 9.89 Å². The summed E-state index contributed by atoms with van der Waals surface area (Å²) in [7, 11) is 0. The van der Waals surface area contributed by atoms with Crippen molar-refractivity contribution < 1.29 is 4.79 Å². The van der Waals surface area contributed by atoms with Gasteiger partial charge in [0.2, 0.25) is 5.82 Å². The molecular weight excluding hydrogens is 196 g/mol. The maximum Gasteiger partial charge on any atom is 0.292 e. The zero-order chi connectivity index (χ0) is 10.7. The summed E-state index contributed by atoms with van der Waals surface area (Å²) in [5.74, 6) is -0.0994. The van der Waals surface area contributed by atoms with Crippen molar-refractivity contribution in [1.82, 2.24) is 25.4 Å². The molecule has 1 aliphatic heterocycles. The molecule has 1 aromatic rings. The first-order valence-corrected chi connectivity index (χ1v) is 4.59. The number of nitrogens with zero attached hydrogens (tertiary/aromatic N) is 4. The second-order valence-corrected chi connectivity index (χ2v) is 3.18. The van der Waals surface area contributed by atoms with Gasteiger partial charge in [0.15, 0.2) is 0 Å². The summed E-state index contributed by atoms with van der Waals surface area (Å²) < 4.78 is 0. The SMILES string of the molecule is N#CC1CNCCN1C(=O)c1ncn[nH]1. The Hall–Kier alpha value is -1.94. The van der Waals surface area contributed by atoms with Gasteiger partial charge < -0.3 is 10.2 Å². The molecule has 1 saturated heterocycles. The monoisotopic (exact) mass is 206 g/mol. The Morgan fingerprint density at radius 2 is 2.60 bits per heavy atom. The Kier molecular flexibility index (Phi) is 2.60. The van der Waals surface area contributed by atoms with Crippen LogP contribution in [0.3, 0.4) is 0 Å². The average Bonchev–Trinajstić information content (AvgIpc) is 2.81. The molecule has 1 unspecified atom stereocenters. The molecule has 2 N–H and O–H groups in total. The van der Waals surface area contributed by atoms with Gasteiger partial charge >= 0.3 is 0 Å². The van der Waals surface area contributed by atoms with E-state index >= 15 is 0 Å². The molecule has 1 amide bonds. The molecule has 0 radical (unpaired) electrons. The summed E-state index contributed by atoms with van der Waals surface area (Å²) >= 11 is 0. The molecule has 1 atom stereocenters. The largest absolute Gasteiger partial charge is 0.317 e. The molecule has 1 aromatic heterocycles. The third-order valence-electron chi connectivity index (χ3n) is 2.27. The maximum atomic E-state index is 11.8. The quantitative estimate of drug-likeness (QED) is 0.597. The third kappa shape index (κ3) is 1.80. The van der Waals surface area contributed by atoms with Crippen LogP contribution in [-0.2, 0) is 0 Å². The number of amides is 1. The Balaban J connectivity index is 2.15. The van der Waals surface area contributed by atoms with Crippen LogP contribution in [0.4, 0.5) is 0 Å². The maximum absolute atomic E-state index is 11.8. The second-order valence-electron chi connectivity index (χ2n) is 3.18. The van der Waals surface area contributed by atoms with Crippen LogP contribution in [0.1, 0.15) is 10.6 Å². The zero-order valence-electron chi connectivity index (χ0n) is 7.97. The van der Waals surface area contributed by atoms with Crippen molar-refractivity contribution in [1.29, 1.82) is 5.26 Å². The number of hydrogen-bond donors (Lipinski definition) is 2. The van der Waals surface area contributed by atoms with E-state index in [4.69, 9.17) is 5.26 Å². The van der Waals surface area contributed by atoms with E-state index in [-0.39, 0.29) is 11.7 Å².